The fraction of sp³-hybridized carbons (Fsp3) is 0.368. The van der Waals surface area contributed by atoms with E-state index in [1.807, 2.05) is 54.4 Å². The second kappa shape index (κ2) is 7.45. The molecule has 5 heteroatoms. The number of carbonyl (C=O) groups is 1. The monoisotopic (exact) mass is 324 g/mol. The third kappa shape index (κ3) is 3.74. The van der Waals surface area contributed by atoms with Crippen LogP contribution in [0.1, 0.15) is 23.7 Å². The lowest BCUT2D eigenvalue weighted by Crippen LogP contribution is -2.48. The molecule has 2 atom stereocenters. The van der Waals surface area contributed by atoms with E-state index in [9.17, 15) is 4.79 Å². The molecule has 24 heavy (non-hydrogen) atoms. The summed E-state index contributed by atoms with van der Waals surface area (Å²) in [6.45, 7) is 4.06. The molecule has 1 aromatic heterocycles. The summed E-state index contributed by atoms with van der Waals surface area (Å²) in [6.07, 6.45) is 2.62. The van der Waals surface area contributed by atoms with Gasteiger partial charge < -0.3 is 15.5 Å². The van der Waals surface area contributed by atoms with E-state index < -0.39 is 0 Å². The molecular formula is C19H24N4O. The number of hydrogen-bond acceptors (Lipinski definition) is 4. The predicted octanol–water partition coefficient (Wildman–Crippen LogP) is 2.58. The topological polar surface area (TPSA) is 57.3 Å². The van der Waals surface area contributed by atoms with Crippen LogP contribution in [0.4, 0.5) is 11.5 Å². The van der Waals surface area contributed by atoms with Gasteiger partial charge in [-0.2, -0.15) is 0 Å². The predicted molar refractivity (Wildman–Crippen MR) is 96.6 cm³/mol. The number of carbonyl (C=O) groups excluding carboxylic acids is 1. The number of rotatable bonds is 4. The van der Waals surface area contributed by atoms with Crippen molar-refractivity contribution >= 4 is 17.4 Å². The number of para-hydroxylation sites is 1. The van der Waals surface area contributed by atoms with Crippen LogP contribution in [0.5, 0.6) is 0 Å². The highest BCUT2D eigenvalue weighted by Crippen LogP contribution is 2.21. The van der Waals surface area contributed by atoms with E-state index in [4.69, 9.17) is 0 Å². The van der Waals surface area contributed by atoms with Crippen molar-refractivity contribution in [2.45, 2.75) is 19.4 Å². The summed E-state index contributed by atoms with van der Waals surface area (Å²) in [4.78, 5) is 18.9. The highest BCUT2D eigenvalue weighted by atomic mass is 16.1. The van der Waals surface area contributed by atoms with Crippen LogP contribution < -0.4 is 15.5 Å². The third-order valence-corrected chi connectivity index (χ3v) is 4.60. The van der Waals surface area contributed by atoms with E-state index in [-0.39, 0.29) is 11.9 Å². The minimum Gasteiger partial charge on any atom is -0.349 e. The fourth-order valence-electron chi connectivity index (χ4n) is 2.98. The van der Waals surface area contributed by atoms with E-state index in [1.165, 1.54) is 0 Å². The second-order valence-corrected chi connectivity index (χ2v) is 6.35. The number of piperidine rings is 1. The Kier molecular flexibility index (Phi) is 5.11. The quantitative estimate of drug-likeness (QED) is 0.907. The van der Waals surface area contributed by atoms with Crippen molar-refractivity contribution in [3.05, 3.63) is 54.2 Å². The van der Waals surface area contributed by atoms with Crippen molar-refractivity contribution in [3.63, 3.8) is 0 Å². The Hall–Kier alpha value is -2.40. The van der Waals surface area contributed by atoms with Gasteiger partial charge in [0.25, 0.3) is 5.91 Å². The number of anilines is 2. The van der Waals surface area contributed by atoms with Gasteiger partial charge in [-0.05, 0) is 49.7 Å². The van der Waals surface area contributed by atoms with Gasteiger partial charge in [0, 0.05) is 25.0 Å². The summed E-state index contributed by atoms with van der Waals surface area (Å²) in [5.74, 6) is 1.21. The summed E-state index contributed by atoms with van der Waals surface area (Å²) >= 11 is 0. The van der Waals surface area contributed by atoms with Gasteiger partial charge in [0.05, 0.1) is 5.56 Å². The van der Waals surface area contributed by atoms with Gasteiger partial charge in [-0.3, -0.25) is 4.79 Å². The molecule has 0 radical (unpaired) electrons. The minimum atomic E-state index is -0.0461. The lowest BCUT2D eigenvalue weighted by Gasteiger charge is -2.30. The van der Waals surface area contributed by atoms with Gasteiger partial charge >= 0.3 is 0 Å². The van der Waals surface area contributed by atoms with Crippen molar-refractivity contribution < 1.29 is 4.79 Å². The highest BCUT2D eigenvalue weighted by molar-refractivity contribution is 5.94. The standard InChI is InChI=1S/C19H24N4O/c1-14-12-20-11-10-17(14)22-19(24)15-8-9-18(21-13-15)23(2)16-6-4-3-5-7-16/h3-9,13-14,17,20H,10-12H2,1-2H3,(H,22,24). The van der Waals surface area contributed by atoms with Crippen molar-refractivity contribution in [2.24, 2.45) is 5.92 Å². The maximum Gasteiger partial charge on any atom is 0.253 e. The van der Waals surface area contributed by atoms with Gasteiger partial charge in [-0.1, -0.05) is 25.1 Å². The summed E-state index contributed by atoms with van der Waals surface area (Å²) in [7, 11) is 1.97. The largest absolute Gasteiger partial charge is 0.349 e. The van der Waals surface area contributed by atoms with Crippen LogP contribution in [0.3, 0.4) is 0 Å². The van der Waals surface area contributed by atoms with Crippen LogP contribution >= 0.6 is 0 Å². The maximum atomic E-state index is 12.4. The number of aromatic nitrogens is 1. The Morgan fingerprint density at radius 1 is 1.25 bits per heavy atom. The number of nitrogens with one attached hydrogen (secondary N) is 2. The Labute approximate surface area is 143 Å². The van der Waals surface area contributed by atoms with Crippen molar-refractivity contribution in [1.29, 1.82) is 0 Å². The molecule has 0 aliphatic carbocycles. The average molecular weight is 324 g/mol. The number of benzene rings is 1. The van der Waals surface area contributed by atoms with Crippen molar-refractivity contribution in [2.75, 3.05) is 25.0 Å². The molecule has 126 valence electrons. The van der Waals surface area contributed by atoms with Crippen LogP contribution in [-0.4, -0.2) is 37.1 Å². The molecule has 0 bridgehead atoms. The number of amides is 1. The van der Waals surface area contributed by atoms with Gasteiger partial charge in [-0.15, -0.1) is 0 Å². The molecule has 2 N–H and O–H groups in total. The van der Waals surface area contributed by atoms with Crippen LogP contribution in [0.2, 0.25) is 0 Å². The number of nitrogens with zero attached hydrogens (tertiary/aromatic N) is 2. The van der Waals surface area contributed by atoms with Crippen molar-refractivity contribution in [1.82, 2.24) is 15.6 Å². The first-order valence-electron chi connectivity index (χ1n) is 8.41. The molecule has 2 heterocycles. The summed E-state index contributed by atoms with van der Waals surface area (Å²) < 4.78 is 0. The SMILES string of the molecule is CC1CNCCC1NC(=O)c1ccc(N(C)c2ccccc2)nc1. The normalized spacial score (nSPS) is 20.4. The Balaban J connectivity index is 1.66. The summed E-state index contributed by atoms with van der Waals surface area (Å²) in [5.41, 5.74) is 1.66. The van der Waals surface area contributed by atoms with Crippen LogP contribution in [0, 0.1) is 5.92 Å². The van der Waals surface area contributed by atoms with E-state index in [1.54, 1.807) is 6.20 Å². The molecule has 3 rings (SSSR count). The van der Waals surface area contributed by atoms with Crippen LogP contribution in [0.25, 0.3) is 0 Å². The first-order valence-corrected chi connectivity index (χ1v) is 8.41. The zero-order chi connectivity index (χ0) is 16.9. The molecule has 1 aromatic carbocycles. The van der Waals surface area contributed by atoms with E-state index >= 15 is 0 Å². The lowest BCUT2D eigenvalue weighted by atomic mass is 9.95. The minimum absolute atomic E-state index is 0.0461. The molecule has 1 aliphatic rings. The van der Waals surface area contributed by atoms with Gasteiger partial charge in [0.1, 0.15) is 5.82 Å². The molecule has 1 saturated heterocycles. The first kappa shape index (κ1) is 16.5. The second-order valence-electron chi connectivity index (χ2n) is 6.35. The zero-order valence-corrected chi connectivity index (χ0v) is 14.2. The Morgan fingerprint density at radius 3 is 2.71 bits per heavy atom. The Bertz CT molecular complexity index is 672. The number of hydrogen-bond donors (Lipinski definition) is 2. The first-order chi connectivity index (χ1) is 11.6. The molecule has 1 amide bonds. The highest BCUT2D eigenvalue weighted by Gasteiger charge is 2.23. The fourth-order valence-corrected chi connectivity index (χ4v) is 2.98. The van der Waals surface area contributed by atoms with Crippen LogP contribution in [-0.2, 0) is 0 Å². The maximum absolute atomic E-state index is 12.4. The average Bonchev–Trinajstić information content (AvgIpc) is 2.64. The molecule has 5 nitrogen and oxygen atoms in total. The smallest absolute Gasteiger partial charge is 0.253 e. The Morgan fingerprint density at radius 2 is 2.04 bits per heavy atom. The molecule has 2 unspecified atom stereocenters. The van der Waals surface area contributed by atoms with Gasteiger partial charge in [-0.25, -0.2) is 4.98 Å². The molecule has 1 fully saturated rings. The molecule has 0 spiro atoms. The molecule has 2 aromatic rings. The lowest BCUT2D eigenvalue weighted by molar-refractivity contribution is 0.0914. The summed E-state index contributed by atoms with van der Waals surface area (Å²) in [6, 6.07) is 14.0. The molecular weight excluding hydrogens is 300 g/mol. The summed E-state index contributed by atoms with van der Waals surface area (Å²) in [5, 5.41) is 6.48. The van der Waals surface area contributed by atoms with E-state index in [0.717, 1.165) is 31.0 Å². The van der Waals surface area contributed by atoms with E-state index in [0.29, 0.717) is 11.5 Å². The number of pyridine rings is 1. The van der Waals surface area contributed by atoms with Gasteiger partial charge in [0.15, 0.2) is 0 Å². The van der Waals surface area contributed by atoms with Crippen molar-refractivity contribution in [3.8, 4) is 0 Å². The van der Waals surface area contributed by atoms with Gasteiger partial charge in [0.2, 0.25) is 0 Å². The molecule has 1 aliphatic heterocycles. The zero-order valence-electron chi connectivity index (χ0n) is 14.2. The van der Waals surface area contributed by atoms with E-state index in [2.05, 4.69) is 22.5 Å². The van der Waals surface area contributed by atoms with Crippen LogP contribution in [0.15, 0.2) is 48.7 Å². The molecule has 0 saturated carbocycles. The third-order valence-electron chi connectivity index (χ3n) is 4.60.